The van der Waals surface area contributed by atoms with E-state index >= 15 is 0 Å². The molecule has 7 heteroatoms. The van der Waals surface area contributed by atoms with Crippen LogP contribution in [0, 0.1) is 5.92 Å². The summed E-state index contributed by atoms with van der Waals surface area (Å²) in [5, 5.41) is 6.12. The summed E-state index contributed by atoms with van der Waals surface area (Å²) < 4.78 is 6.50. The van der Waals surface area contributed by atoms with Gasteiger partial charge in [-0.15, -0.1) is 0 Å². The second-order valence-corrected chi connectivity index (χ2v) is 7.68. The Bertz CT molecular complexity index is 592. The van der Waals surface area contributed by atoms with Gasteiger partial charge in [-0.1, -0.05) is 27.7 Å². The fraction of sp³-hybridized carbons (Fsp3) is 0.579. The average Bonchev–Trinajstić information content (AvgIpc) is 2.59. The zero-order valence-electron chi connectivity index (χ0n) is 16.1. The van der Waals surface area contributed by atoms with E-state index < -0.39 is 0 Å². The molecule has 1 amide bonds. The average molecular weight is 444 g/mol. The van der Waals surface area contributed by atoms with Crippen molar-refractivity contribution in [2.45, 2.75) is 34.1 Å². The van der Waals surface area contributed by atoms with Gasteiger partial charge in [0.1, 0.15) is 5.75 Å². The van der Waals surface area contributed by atoms with Crippen molar-refractivity contribution in [1.82, 2.24) is 15.5 Å². The van der Waals surface area contributed by atoms with Gasteiger partial charge < -0.3 is 15.0 Å². The van der Waals surface area contributed by atoms with Crippen molar-refractivity contribution in [3.8, 4) is 5.75 Å². The molecule has 0 radical (unpaired) electrons. The van der Waals surface area contributed by atoms with E-state index in [9.17, 15) is 4.79 Å². The van der Waals surface area contributed by atoms with Gasteiger partial charge in [0.2, 0.25) is 0 Å². The van der Waals surface area contributed by atoms with Gasteiger partial charge >= 0.3 is 0 Å². The molecule has 1 rings (SSSR count). The molecule has 0 atom stereocenters. The Morgan fingerprint density at radius 2 is 2.00 bits per heavy atom. The van der Waals surface area contributed by atoms with Crippen LogP contribution >= 0.6 is 28.1 Å². The standard InChI is InChI=1S/C19H30BrN3O2S/c1-5-23(6-2)11-10-21-19(26)22-18(24)15-7-8-17(16(20)13-15)25-12-9-14(3)4/h7-8,13-14H,5-6,9-12H2,1-4H3,(H2,21,22,24,26). The number of ether oxygens (including phenoxy) is 1. The highest BCUT2D eigenvalue weighted by atomic mass is 79.9. The summed E-state index contributed by atoms with van der Waals surface area (Å²) >= 11 is 8.66. The molecule has 1 aromatic carbocycles. The Kier molecular flexibility index (Phi) is 10.8. The van der Waals surface area contributed by atoms with E-state index in [1.807, 2.05) is 0 Å². The van der Waals surface area contributed by atoms with Gasteiger partial charge in [0.25, 0.3) is 5.91 Å². The van der Waals surface area contributed by atoms with Crippen molar-refractivity contribution in [2.24, 2.45) is 5.92 Å². The summed E-state index contributed by atoms with van der Waals surface area (Å²) in [4.78, 5) is 14.6. The van der Waals surface area contributed by atoms with Crippen molar-refractivity contribution in [3.05, 3.63) is 28.2 Å². The van der Waals surface area contributed by atoms with E-state index in [-0.39, 0.29) is 5.91 Å². The van der Waals surface area contributed by atoms with Crippen LogP contribution in [0.1, 0.15) is 44.5 Å². The molecule has 0 heterocycles. The zero-order chi connectivity index (χ0) is 19.5. The summed E-state index contributed by atoms with van der Waals surface area (Å²) in [5.74, 6) is 1.09. The van der Waals surface area contributed by atoms with Crippen LogP contribution < -0.4 is 15.4 Å². The predicted octanol–water partition coefficient (Wildman–Crippen LogP) is 3.82. The first-order valence-electron chi connectivity index (χ1n) is 9.11. The molecule has 0 bridgehead atoms. The third kappa shape index (κ3) is 8.47. The highest BCUT2D eigenvalue weighted by molar-refractivity contribution is 9.10. The molecule has 1 aromatic rings. The van der Waals surface area contributed by atoms with Crippen LogP contribution in [0.5, 0.6) is 5.75 Å². The van der Waals surface area contributed by atoms with Gasteiger partial charge in [0.05, 0.1) is 11.1 Å². The van der Waals surface area contributed by atoms with Crippen LogP contribution in [-0.4, -0.2) is 48.7 Å². The lowest BCUT2D eigenvalue weighted by Crippen LogP contribution is -2.42. The minimum absolute atomic E-state index is 0.236. The van der Waals surface area contributed by atoms with E-state index in [1.54, 1.807) is 18.2 Å². The van der Waals surface area contributed by atoms with Crippen LogP contribution in [-0.2, 0) is 0 Å². The largest absolute Gasteiger partial charge is 0.492 e. The number of carbonyl (C=O) groups is 1. The predicted molar refractivity (Wildman–Crippen MR) is 115 cm³/mol. The number of thiocarbonyl (C=S) groups is 1. The van der Waals surface area contributed by atoms with Crippen molar-refractivity contribution in [1.29, 1.82) is 0 Å². The van der Waals surface area contributed by atoms with Crippen LogP contribution in [0.4, 0.5) is 0 Å². The van der Waals surface area contributed by atoms with Gasteiger partial charge in [0, 0.05) is 18.7 Å². The summed E-state index contributed by atoms with van der Waals surface area (Å²) in [6.07, 6.45) is 0.988. The topological polar surface area (TPSA) is 53.6 Å². The summed E-state index contributed by atoms with van der Waals surface area (Å²) in [6.45, 7) is 12.8. The molecular formula is C19H30BrN3O2S. The first-order valence-corrected chi connectivity index (χ1v) is 10.3. The number of likely N-dealkylation sites (N-methyl/N-ethyl adjacent to an activating group) is 1. The molecule has 26 heavy (non-hydrogen) atoms. The molecule has 0 saturated carbocycles. The van der Waals surface area contributed by atoms with Crippen LogP contribution in [0.2, 0.25) is 0 Å². The second-order valence-electron chi connectivity index (χ2n) is 6.41. The highest BCUT2D eigenvalue weighted by Gasteiger charge is 2.11. The van der Waals surface area contributed by atoms with E-state index in [1.165, 1.54) is 0 Å². The third-order valence-electron chi connectivity index (χ3n) is 3.98. The van der Waals surface area contributed by atoms with E-state index in [0.717, 1.165) is 36.3 Å². The summed E-state index contributed by atoms with van der Waals surface area (Å²) in [5.41, 5.74) is 0.529. The van der Waals surface area contributed by atoms with Crippen molar-refractivity contribution in [2.75, 3.05) is 32.8 Å². The Balaban J connectivity index is 2.49. The number of nitrogens with one attached hydrogen (secondary N) is 2. The van der Waals surface area contributed by atoms with Crippen molar-refractivity contribution >= 4 is 39.2 Å². The maximum Gasteiger partial charge on any atom is 0.257 e. The number of hydrogen-bond acceptors (Lipinski definition) is 4. The normalized spacial score (nSPS) is 10.9. The minimum atomic E-state index is -0.236. The van der Waals surface area contributed by atoms with Crippen LogP contribution in [0.15, 0.2) is 22.7 Å². The van der Waals surface area contributed by atoms with Gasteiger partial charge in [-0.2, -0.15) is 0 Å². The van der Waals surface area contributed by atoms with E-state index in [0.29, 0.717) is 29.7 Å². The Labute approximate surface area is 171 Å². The van der Waals surface area contributed by atoms with Crippen molar-refractivity contribution in [3.63, 3.8) is 0 Å². The first-order chi connectivity index (χ1) is 12.4. The summed E-state index contributed by atoms with van der Waals surface area (Å²) in [7, 11) is 0. The number of rotatable bonds is 10. The third-order valence-corrected chi connectivity index (χ3v) is 4.85. The quantitative estimate of drug-likeness (QED) is 0.538. The maximum absolute atomic E-state index is 12.3. The van der Waals surface area contributed by atoms with Gasteiger partial charge in [-0.05, 0) is 71.8 Å². The zero-order valence-corrected chi connectivity index (χ0v) is 18.5. The first kappa shape index (κ1) is 22.9. The Morgan fingerprint density at radius 1 is 1.31 bits per heavy atom. The number of benzene rings is 1. The Morgan fingerprint density at radius 3 is 2.58 bits per heavy atom. The van der Waals surface area contributed by atoms with Gasteiger partial charge in [-0.25, -0.2) is 0 Å². The number of halogens is 1. The van der Waals surface area contributed by atoms with Crippen molar-refractivity contribution < 1.29 is 9.53 Å². The molecule has 2 N–H and O–H groups in total. The fourth-order valence-electron chi connectivity index (χ4n) is 2.25. The molecule has 0 fully saturated rings. The lowest BCUT2D eigenvalue weighted by Gasteiger charge is -2.18. The molecule has 0 aliphatic heterocycles. The molecule has 0 aromatic heterocycles. The number of nitrogens with zero attached hydrogens (tertiary/aromatic N) is 1. The van der Waals surface area contributed by atoms with Gasteiger partial charge in [-0.3, -0.25) is 10.1 Å². The van der Waals surface area contributed by atoms with E-state index in [2.05, 4.69) is 59.2 Å². The molecule has 0 saturated heterocycles. The smallest absolute Gasteiger partial charge is 0.257 e. The SMILES string of the molecule is CCN(CC)CCNC(=S)NC(=O)c1ccc(OCCC(C)C)c(Br)c1. The Hall–Kier alpha value is -1.18. The molecule has 146 valence electrons. The monoisotopic (exact) mass is 443 g/mol. The minimum Gasteiger partial charge on any atom is -0.492 e. The van der Waals surface area contributed by atoms with E-state index in [4.69, 9.17) is 17.0 Å². The number of hydrogen-bond donors (Lipinski definition) is 2. The molecule has 5 nitrogen and oxygen atoms in total. The second kappa shape index (κ2) is 12.3. The number of amides is 1. The molecule has 0 aliphatic carbocycles. The van der Waals surface area contributed by atoms with Crippen LogP contribution in [0.3, 0.4) is 0 Å². The van der Waals surface area contributed by atoms with Gasteiger partial charge in [0.15, 0.2) is 5.11 Å². The number of carbonyl (C=O) groups excluding carboxylic acids is 1. The van der Waals surface area contributed by atoms with Crippen LogP contribution in [0.25, 0.3) is 0 Å². The lowest BCUT2D eigenvalue weighted by atomic mass is 10.1. The highest BCUT2D eigenvalue weighted by Crippen LogP contribution is 2.26. The molecule has 0 aliphatic rings. The fourth-order valence-corrected chi connectivity index (χ4v) is 2.94. The molecule has 0 unspecified atom stereocenters. The molecular weight excluding hydrogens is 414 g/mol. The lowest BCUT2D eigenvalue weighted by molar-refractivity contribution is 0.0976. The molecule has 0 spiro atoms. The maximum atomic E-state index is 12.3. The summed E-state index contributed by atoms with van der Waals surface area (Å²) in [6, 6.07) is 5.29.